The van der Waals surface area contributed by atoms with Gasteiger partial charge in [0, 0.05) is 5.69 Å². The molecule has 1 heterocycles. The van der Waals surface area contributed by atoms with E-state index in [2.05, 4.69) is 5.32 Å². The summed E-state index contributed by atoms with van der Waals surface area (Å²) in [4.78, 5) is 26.3. The lowest BCUT2D eigenvalue weighted by Crippen LogP contribution is -2.67. The molecule has 19 heavy (non-hydrogen) atoms. The lowest BCUT2D eigenvalue weighted by atomic mass is 9.79. The summed E-state index contributed by atoms with van der Waals surface area (Å²) in [6.45, 7) is 0.130. The first-order chi connectivity index (χ1) is 9.21. The molecule has 2 aliphatic rings. The number of hydrogen-bond acceptors (Lipinski definition) is 2. The van der Waals surface area contributed by atoms with Gasteiger partial charge in [-0.25, -0.2) is 0 Å². The van der Waals surface area contributed by atoms with Gasteiger partial charge in [0.25, 0.3) is 5.91 Å². The van der Waals surface area contributed by atoms with Crippen LogP contribution in [0.4, 0.5) is 5.69 Å². The summed E-state index contributed by atoms with van der Waals surface area (Å²) < 4.78 is 0. The molecule has 1 N–H and O–H groups in total. The quantitative estimate of drug-likeness (QED) is 0.835. The number of benzene rings is 1. The van der Waals surface area contributed by atoms with Crippen LogP contribution in [0.15, 0.2) is 30.3 Å². The van der Waals surface area contributed by atoms with Gasteiger partial charge in [-0.3, -0.25) is 9.59 Å². The topological polar surface area (TPSA) is 49.4 Å². The van der Waals surface area contributed by atoms with E-state index in [1.165, 1.54) is 0 Å². The van der Waals surface area contributed by atoms with Crippen LogP contribution in [0.25, 0.3) is 0 Å². The molecule has 0 bridgehead atoms. The number of anilines is 1. The van der Waals surface area contributed by atoms with Gasteiger partial charge in [0.05, 0.1) is 0 Å². The number of piperazine rings is 1. The van der Waals surface area contributed by atoms with Crippen molar-refractivity contribution in [3.05, 3.63) is 30.3 Å². The van der Waals surface area contributed by atoms with E-state index in [1.807, 2.05) is 30.3 Å². The van der Waals surface area contributed by atoms with Crippen molar-refractivity contribution >= 4 is 17.5 Å². The highest BCUT2D eigenvalue weighted by atomic mass is 16.2. The van der Waals surface area contributed by atoms with Crippen LogP contribution >= 0.6 is 0 Å². The molecular formula is C15H18N2O2. The number of nitrogens with zero attached hydrogens (tertiary/aromatic N) is 1. The van der Waals surface area contributed by atoms with Crippen LogP contribution in [0, 0.1) is 0 Å². The molecule has 1 aromatic rings. The molecule has 2 fully saturated rings. The number of hydrogen-bond donors (Lipinski definition) is 1. The van der Waals surface area contributed by atoms with Crippen LogP contribution in [-0.4, -0.2) is 23.9 Å². The highest BCUT2D eigenvalue weighted by molar-refractivity contribution is 6.09. The second kappa shape index (κ2) is 4.68. The zero-order valence-electron chi connectivity index (χ0n) is 10.9. The van der Waals surface area contributed by atoms with Crippen molar-refractivity contribution in [2.24, 2.45) is 0 Å². The van der Waals surface area contributed by atoms with Crippen molar-refractivity contribution in [1.29, 1.82) is 0 Å². The van der Waals surface area contributed by atoms with Crippen LogP contribution in [0.1, 0.15) is 32.1 Å². The van der Waals surface area contributed by atoms with E-state index in [0.717, 1.165) is 37.8 Å². The third-order valence-electron chi connectivity index (χ3n) is 4.11. The molecule has 4 nitrogen and oxygen atoms in total. The number of nitrogens with one attached hydrogen (secondary N) is 1. The largest absolute Gasteiger partial charge is 0.340 e. The molecule has 1 saturated carbocycles. The third kappa shape index (κ3) is 2.11. The number of rotatable bonds is 1. The molecule has 0 atom stereocenters. The van der Waals surface area contributed by atoms with Gasteiger partial charge in [0.1, 0.15) is 12.1 Å². The Hall–Kier alpha value is -1.84. The predicted octanol–water partition coefficient (Wildman–Crippen LogP) is 1.85. The second-order valence-electron chi connectivity index (χ2n) is 5.42. The Morgan fingerprint density at radius 2 is 1.68 bits per heavy atom. The molecule has 3 rings (SSSR count). The van der Waals surface area contributed by atoms with Gasteiger partial charge < -0.3 is 10.2 Å². The van der Waals surface area contributed by atoms with Gasteiger partial charge in [0.15, 0.2) is 0 Å². The summed E-state index contributed by atoms with van der Waals surface area (Å²) in [6, 6.07) is 9.46. The lowest BCUT2D eigenvalue weighted by molar-refractivity contribution is -0.137. The maximum atomic E-state index is 12.8. The smallest absolute Gasteiger partial charge is 0.253 e. The van der Waals surface area contributed by atoms with Crippen molar-refractivity contribution in [1.82, 2.24) is 5.32 Å². The minimum atomic E-state index is -0.649. The Bertz CT molecular complexity index is 492. The highest BCUT2D eigenvalue weighted by Crippen LogP contribution is 2.33. The molecule has 0 unspecified atom stereocenters. The van der Waals surface area contributed by atoms with Gasteiger partial charge in [0.2, 0.25) is 5.91 Å². The molecular weight excluding hydrogens is 240 g/mol. The van der Waals surface area contributed by atoms with Crippen LogP contribution in [0.2, 0.25) is 0 Å². The number of amides is 2. The Morgan fingerprint density at radius 1 is 1.00 bits per heavy atom. The number of carbonyl (C=O) groups excluding carboxylic acids is 2. The molecule has 100 valence electrons. The maximum absolute atomic E-state index is 12.8. The number of carbonyl (C=O) groups is 2. The summed E-state index contributed by atoms with van der Waals surface area (Å²) >= 11 is 0. The normalized spacial score (nSPS) is 22.4. The molecule has 1 saturated heterocycles. The molecule has 0 radical (unpaired) electrons. The Kier molecular flexibility index (Phi) is 3.01. The first-order valence-electron chi connectivity index (χ1n) is 6.89. The summed E-state index contributed by atoms with van der Waals surface area (Å²) in [6.07, 6.45) is 4.70. The van der Waals surface area contributed by atoms with E-state index in [-0.39, 0.29) is 18.4 Å². The van der Waals surface area contributed by atoms with E-state index in [0.29, 0.717) is 0 Å². The van der Waals surface area contributed by atoms with Gasteiger partial charge in [-0.1, -0.05) is 37.5 Å². The van der Waals surface area contributed by atoms with Gasteiger partial charge in [-0.2, -0.15) is 0 Å². The van der Waals surface area contributed by atoms with E-state index in [9.17, 15) is 9.59 Å². The van der Waals surface area contributed by atoms with E-state index in [1.54, 1.807) is 4.90 Å². The Morgan fingerprint density at radius 3 is 2.37 bits per heavy atom. The fraction of sp³-hybridized carbons (Fsp3) is 0.467. The van der Waals surface area contributed by atoms with E-state index >= 15 is 0 Å². The number of para-hydroxylation sites is 1. The molecule has 1 spiro atoms. The predicted molar refractivity (Wildman–Crippen MR) is 72.8 cm³/mol. The fourth-order valence-corrected chi connectivity index (χ4v) is 3.14. The fourth-order valence-electron chi connectivity index (χ4n) is 3.14. The first-order valence-corrected chi connectivity index (χ1v) is 6.89. The molecule has 1 aliphatic heterocycles. The van der Waals surface area contributed by atoms with Crippen molar-refractivity contribution in [2.75, 3.05) is 11.4 Å². The standard InChI is InChI=1S/C15H18N2O2/c18-13-11-17(12-7-3-1-4-8-12)14(19)15(16-13)9-5-2-6-10-15/h1,3-4,7-8H,2,5-6,9-11H2,(H,16,18). The Balaban J connectivity index is 1.93. The Labute approximate surface area is 112 Å². The average molecular weight is 258 g/mol. The van der Waals surface area contributed by atoms with Crippen LogP contribution in [0.3, 0.4) is 0 Å². The molecule has 1 aliphatic carbocycles. The summed E-state index contributed by atoms with van der Waals surface area (Å²) in [5.74, 6) is 0.00310. The summed E-state index contributed by atoms with van der Waals surface area (Å²) in [7, 11) is 0. The summed E-state index contributed by atoms with van der Waals surface area (Å²) in [5.41, 5.74) is 0.163. The van der Waals surface area contributed by atoms with Gasteiger partial charge >= 0.3 is 0 Å². The minimum Gasteiger partial charge on any atom is -0.340 e. The summed E-state index contributed by atoms with van der Waals surface area (Å²) in [5, 5.41) is 2.95. The van der Waals surface area contributed by atoms with Crippen molar-refractivity contribution in [2.45, 2.75) is 37.6 Å². The maximum Gasteiger partial charge on any atom is 0.253 e. The van der Waals surface area contributed by atoms with E-state index in [4.69, 9.17) is 0 Å². The van der Waals surface area contributed by atoms with Crippen molar-refractivity contribution in [3.8, 4) is 0 Å². The van der Waals surface area contributed by atoms with Crippen molar-refractivity contribution in [3.63, 3.8) is 0 Å². The average Bonchev–Trinajstić information content (AvgIpc) is 2.45. The van der Waals surface area contributed by atoms with Gasteiger partial charge in [-0.15, -0.1) is 0 Å². The third-order valence-corrected chi connectivity index (χ3v) is 4.11. The zero-order chi connectivity index (χ0) is 13.3. The van der Waals surface area contributed by atoms with E-state index < -0.39 is 5.54 Å². The SMILES string of the molecule is O=C1CN(c2ccccc2)C(=O)C2(CCCCC2)N1. The first kappa shape index (κ1) is 12.2. The van der Waals surface area contributed by atoms with Crippen LogP contribution in [-0.2, 0) is 9.59 Å². The monoisotopic (exact) mass is 258 g/mol. The van der Waals surface area contributed by atoms with Crippen LogP contribution in [0.5, 0.6) is 0 Å². The molecule has 2 amide bonds. The lowest BCUT2D eigenvalue weighted by Gasteiger charge is -2.44. The highest BCUT2D eigenvalue weighted by Gasteiger charge is 2.47. The van der Waals surface area contributed by atoms with Gasteiger partial charge in [-0.05, 0) is 25.0 Å². The minimum absolute atomic E-state index is 0.0506. The van der Waals surface area contributed by atoms with Crippen LogP contribution < -0.4 is 10.2 Å². The zero-order valence-corrected chi connectivity index (χ0v) is 10.9. The molecule has 1 aromatic carbocycles. The molecule has 4 heteroatoms. The van der Waals surface area contributed by atoms with Crippen molar-refractivity contribution < 1.29 is 9.59 Å². The second-order valence-corrected chi connectivity index (χ2v) is 5.42. The molecule has 0 aromatic heterocycles.